The van der Waals surface area contributed by atoms with Crippen molar-refractivity contribution >= 4 is 23.7 Å². The number of benzene rings is 1. The Balaban J connectivity index is 1.43. The molecule has 0 spiro atoms. The summed E-state index contributed by atoms with van der Waals surface area (Å²) in [5.74, 6) is 3.42. The summed E-state index contributed by atoms with van der Waals surface area (Å²) in [4.78, 5) is 11.8. The third-order valence-corrected chi connectivity index (χ3v) is 4.46. The lowest BCUT2D eigenvalue weighted by Gasteiger charge is -2.18. The summed E-state index contributed by atoms with van der Waals surface area (Å²) >= 11 is 1.75. The van der Waals surface area contributed by atoms with Crippen molar-refractivity contribution in [1.82, 2.24) is 10.6 Å². The second kappa shape index (κ2) is 7.56. The lowest BCUT2D eigenvalue weighted by molar-refractivity contribution is -0.122. The zero-order chi connectivity index (χ0) is 15.2. The van der Waals surface area contributed by atoms with E-state index < -0.39 is 0 Å². The Labute approximate surface area is 134 Å². The Hall–Kier alpha value is -1.66. The summed E-state index contributed by atoms with van der Waals surface area (Å²) < 4.78 is 11.0. The maximum Gasteiger partial charge on any atom is 0.238 e. The van der Waals surface area contributed by atoms with Crippen LogP contribution in [0.25, 0.3) is 6.08 Å². The smallest absolute Gasteiger partial charge is 0.238 e. The van der Waals surface area contributed by atoms with E-state index in [1.165, 1.54) is 0 Å². The number of hydrogen-bond donors (Lipinski definition) is 2. The highest BCUT2D eigenvalue weighted by atomic mass is 32.2. The van der Waals surface area contributed by atoms with Crippen LogP contribution < -0.4 is 20.1 Å². The third-order valence-electron chi connectivity index (χ3n) is 3.52. The fourth-order valence-electron chi connectivity index (χ4n) is 2.35. The predicted octanol–water partition coefficient (Wildman–Crippen LogP) is 1.64. The average Bonchev–Trinajstić information content (AvgIpc) is 3.09. The van der Waals surface area contributed by atoms with Gasteiger partial charge in [-0.3, -0.25) is 10.1 Å². The van der Waals surface area contributed by atoms with E-state index in [1.807, 2.05) is 24.3 Å². The Morgan fingerprint density at radius 1 is 1.36 bits per heavy atom. The van der Waals surface area contributed by atoms with Crippen LogP contribution in [0.4, 0.5) is 0 Å². The largest absolute Gasteiger partial charge is 0.486 e. The van der Waals surface area contributed by atoms with Gasteiger partial charge in [-0.25, -0.2) is 0 Å². The number of thioether (sulfide) groups is 1. The first kappa shape index (κ1) is 15.2. The van der Waals surface area contributed by atoms with Crippen LogP contribution in [0, 0.1) is 0 Å². The van der Waals surface area contributed by atoms with Crippen LogP contribution in [0.15, 0.2) is 24.3 Å². The number of fused-ring (bicyclic) bond motifs is 1. The Morgan fingerprint density at radius 3 is 3.05 bits per heavy atom. The average molecular weight is 320 g/mol. The first-order chi connectivity index (χ1) is 10.8. The van der Waals surface area contributed by atoms with E-state index >= 15 is 0 Å². The van der Waals surface area contributed by atoms with Crippen LogP contribution in [0.3, 0.4) is 0 Å². The highest BCUT2D eigenvalue weighted by Gasteiger charge is 2.21. The molecular formula is C16H20N2O3S. The van der Waals surface area contributed by atoms with E-state index in [0.29, 0.717) is 19.8 Å². The maximum atomic E-state index is 11.8. The SMILES string of the molecule is O=C(NCC/C=C/c1ccc2c(c1)OCCO2)C1CSCN1. The summed E-state index contributed by atoms with van der Waals surface area (Å²) in [7, 11) is 0. The molecule has 118 valence electrons. The lowest BCUT2D eigenvalue weighted by atomic mass is 10.1. The van der Waals surface area contributed by atoms with Crippen molar-refractivity contribution in [3.05, 3.63) is 29.8 Å². The van der Waals surface area contributed by atoms with E-state index in [-0.39, 0.29) is 11.9 Å². The monoisotopic (exact) mass is 320 g/mol. The topological polar surface area (TPSA) is 59.6 Å². The van der Waals surface area contributed by atoms with Crippen molar-refractivity contribution < 1.29 is 14.3 Å². The summed E-state index contributed by atoms with van der Waals surface area (Å²) in [6.07, 6.45) is 4.90. The third kappa shape index (κ3) is 3.96. The van der Waals surface area contributed by atoms with E-state index in [1.54, 1.807) is 11.8 Å². The molecule has 1 fully saturated rings. The minimum absolute atomic E-state index is 0.0354. The van der Waals surface area contributed by atoms with Gasteiger partial charge in [0.2, 0.25) is 5.91 Å². The number of carbonyl (C=O) groups is 1. The number of rotatable bonds is 5. The van der Waals surface area contributed by atoms with Crippen molar-refractivity contribution in [3.8, 4) is 11.5 Å². The molecule has 5 nitrogen and oxygen atoms in total. The van der Waals surface area contributed by atoms with Crippen molar-refractivity contribution in [3.63, 3.8) is 0 Å². The lowest BCUT2D eigenvalue weighted by Crippen LogP contribution is -2.42. The molecule has 1 aromatic rings. The molecule has 0 radical (unpaired) electrons. The van der Waals surface area contributed by atoms with Crippen molar-refractivity contribution in [2.75, 3.05) is 31.4 Å². The van der Waals surface area contributed by atoms with Gasteiger partial charge in [-0.2, -0.15) is 0 Å². The molecule has 1 aromatic carbocycles. The first-order valence-electron chi connectivity index (χ1n) is 7.48. The Morgan fingerprint density at radius 2 is 2.23 bits per heavy atom. The Bertz CT molecular complexity index is 556. The normalized spacial score (nSPS) is 20.3. The number of amides is 1. The van der Waals surface area contributed by atoms with Crippen LogP contribution in [0.1, 0.15) is 12.0 Å². The second-order valence-corrected chi connectivity index (χ2v) is 6.19. The predicted molar refractivity (Wildman–Crippen MR) is 88.3 cm³/mol. The van der Waals surface area contributed by atoms with Crippen LogP contribution in [-0.4, -0.2) is 43.3 Å². The minimum atomic E-state index is -0.0354. The van der Waals surface area contributed by atoms with Gasteiger partial charge < -0.3 is 14.8 Å². The quantitative estimate of drug-likeness (QED) is 0.808. The molecule has 1 amide bonds. The van der Waals surface area contributed by atoms with Gasteiger partial charge in [0, 0.05) is 18.2 Å². The molecule has 0 aromatic heterocycles. The maximum absolute atomic E-state index is 11.8. The van der Waals surface area contributed by atoms with E-state index in [4.69, 9.17) is 9.47 Å². The number of carbonyl (C=O) groups excluding carboxylic acids is 1. The van der Waals surface area contributed by atoms with E-state index in [0.717, 1.165) is 35.1 Å². The van der Waals surface area contributed by atoms with Gasteiger partial charge in [-0.05, 0) is 24.1 Å². The molecule has 2 aliphatic heterocycles. The second-order valence-electron chi connectivity index (χ2n) is 5.16. The first-order valence-corrected chi connectivity index (χ1v) is 8.63. The number of ether oxygens (including phenoxy) is 2. The Kier molecular flexibility index (Phi) is 5.24. The standard InChI is InChI=1S/C16H20N2O3S/c19-16(13-10-22-11-18-13)17-6-2-1-3-12-4-5-14-15(9-12)21-8-7-20-14/h1,3-5,9,13,18H,2,6-8,10-11H2,(H,17,19)/b3-1+. The molecule has 2 heterocycles. The zero-order valence-corrected chi connectivity index (χ0v) is 13.2. The summed E-state index contributed by atoms with van der Waals surface area (Å²) in [5, 5.41) is 6.11. The van der Waals surface area contributed by atoms with Gasteiger partial charge in [0.25, 0.3) is 0 Å². The molecule has 1 unspecified atom stereocenters. The molecule has 0 aliphatic carbocycles. The number of hydrogen-bond acceptors (Lipinski definition) is 5. The molecular weight excluding hydrogens is 300 g/mol. The summed E-state index contributed by atoms with van der Waals surface area (Å²) in [5.41, 5.74) is 1.07. The molecule has 0 bridgehead atoms. The fraction of sp³-hybridized carbons (Fsp3) is 0.438. The number of nitrogens with one attached hydrogen (secondary N) is 2. The van der Waals surface area contributed by atoms with Crippen LogP contribution >= 0.6 is 11.8 Å². The van der Waals surface area contributed by atoms with Crippen molar-refractivity contribution in [2.24, 2.45) is 0 Å². The van der Waals surface area contributed by atoms with Gasteiger partial charge in [0.05, 0.1) is 6.04 Å². The van der Waals surface area contributed by atoms with Crippen LogP contribution in [0.5, 0.6) is 11.5 Å². The van der Waals surface area contributed by atoms with Gasteiger partial charge in [-0.1, -0.05) is 18.2 Å². The van der Waals surface area contributed by atoms with Gasteiger partial charge in [0.15, 0.2) is 11.5 Å². The van der Waals surface area contributed by atoms with Crippen molar-refractivity contribution in [2.45, 2.75) is 12.5 Å². The van der Waals surface area contributed by atoms with Crippen LogP contribution in [-0.2, 0) is 4.79 Å². The minimum Gasteiger partial charge on any atom is -0.486 e. The molecule has 3 rings (SSSR count). The molecule has 0 saturated carbocycles. The zero-order valence-electron chi connectivity index (χ0n) is 12.3. The van der Waals surface area contributed by atoms with Crippen molar-refractivity contribution in [1.29, 1.82) is 0 Å². The van der Waals surface area contributed by atoms with E-state index in [9.17, 15) is 4.79 Å². The molecule has 22 heavy (non-hydrogen) atoms. The van der Waals surface area contributed by atoms with Crippen LogP contribution in [0.2, 0.25) is 0 Å². The van der Waals surface area contributed by atoms with E-state index in [2.05, 4.69) is 16.7 Å². The molecule has 6 heteroatoms. The molecule has 2 aliphatic rings. The summed E-state index contributed by atoms with van der Waals surface area (Å²) in [6.45, 7) is 1.86. The van der Waals surface area contributed by atoms with Gasteiger partial charge in [0.1, 0.15) is 13.2 Å². The highest BCUT2D eigenvalue weighted by molar-refractivity contribution is 7.99. The highest BCUT2D eigenvalue weighted by Crippen LogP contribution is 2.31. The molecule has 2 N–H and O–H groups in total. The van der Waals surface area contributed by atoms with Gasteiger partial charge in [-0.15, -0.1) is 11.8 Å². The van der Waals surface area contributed by atoms with Gasteiger partial charge >= 0.3 is 0 Å². The summed E-state index contributed by atoms with van der Waals surface area (Å²) in [6, 6.07) is 5.87. The molecule has 1 atom stereocenters. The molecule has 1 saturated heterocycles. The fourth-order valence-corrected chi connectivity index (χ4v) is 3.29.